The summed E-state index contributed by atoms with van der Waals surface area (Å²) >= 11 is 0. The van der Waals surface area contributed by atoms with E-state index in [0.717, 1.165) is 30.9 Å². The monoisotopic (exact) mass is 252 g/mol. The molecule has 1 heterocycles. The second-order valence-corrected chi connectivity index (χ2v) is 4.49. The summed E-state index contributed by atoms with van der Waals surface area (Å²) in [4.78, 5) is 15.8. The lowest BCUT2D eigenvalue weighted by Crippen LogP contribution is -2.23. The minimum absolute atomic E-state index is 0.0981. The zero-order valence-corrected chi connectivity index (χ0v) is 11.5. The third-order valence-corrected chi connectivity index (χ3v) is 2.85. The smallest absolute Gasteiger partial charge is 0.220 e. The van der Waals surface area contributed by atoms with Gasteiger partial charge < -0.3 is 5.32 Å². The van der Waals surface area contributed by atoms with Crippen molar-refractivity contribution in [2.75, 3.05) is 0 Å². The fourth-order valence-electron chi connectivity index (χ4n) is 1.73. The molecule has 2 N–H and O–H groups in total. The van der Waals surface area contributed by atoms with Crippen LogP contribution in [0.4, 0.5) is 0 Å². The average Bonchev–Trinajstić information content (AvgIpc) is 2.84. The third-order valence-electron chi connectivity index (χ3n) is 2.85. The number of H-pyrrole nitrogens is 1. The van der Waals surface area contributed by atoms with Crippen LogP contribution in [0.2, 0.25) is 0 Å². The number of nitrogens with zero attached hydrogens (tertiary/aromatic N) is 2. The van der Waals surface area contributed by atoms with E-state index >= 15 is 0 Å². The summed E-state index contributed by atoms with van der Waals surface area (Å²) in [7, 11) is 0. The summed E-state index contributed by atoms with van der Waals surface area (Å²) < 4.78 is 0. The highest BCUT2D eigenvalue weighted by Crippen LogP contribution is 2.04. The second-order valence-electron chi connectivity index (χ2n) is 4.49. The molecule has 0 aliphatic heterocycles. The molecule has 0 saturated carbocycles. The van der Waals surface area contributed by atoms with Gasteiger partial charge in [-0.15, -0.1) is 0 Å². The molecule has 1 aromatic heterocycles. The predicted molar refractivity (Wildman–Crippen MR) is 71.0 cm³/mol. The van der Waals surface area contributed by atoms with Crippen molar-refractivity contribution in [3.63, 3.8) is 0 Å². The fraction of sp³-hybridized carbons (Fsp3) is 0.769. The number of aryl methyl sites for hydroxylation is 1. The van der Waals surface area contributed by atoms with Gasteiger partial charge in [0.2, 0.25) is 5.91 Å². The van der Waals surface area contributed by atoms with Gasteiger partial charge in [-0.2, -0.15) is 5.10 Å². The lowest BCUT2D eigenvalue weighted by Gasteiger charge is -2.02. The number of nitrogens with one attached hydrogen (secondary N) is 2. The van der Waals surface area contributed by atoms with Crippen LogP contribution in [0.5, 0.6) is 0 Å². The largest absolute Gasteiger partial charge is 0.349 e. The molecule has 0 fully saturated rings. The maximum atomic E-state index is 11.6. The van der Waals surface area contributed by atoms with Crippen molar-refractivity contribution in [2.24, 2.45) is 0 Å². The van der Waals surface area contributed by atoms with E-state index in [0.29, 0.717) is 13.0 Å². The molecular formula is C13H24N4O. The summed E-state index contributed by atoms with van der Waals surface area (Å²) in [6, 6.07) is 0. The number of rotatable bonds is 9. The lowest BCUT2D eigenvalue weighted by molar-refractivity contribution is -0.121. The molecule has 0 spiro atoms. The zero-order valence-electron chi connectivity index (χ0n) is 11.5. The maximum absolute atomic E-state index is 11.6. The van der Waals surface area contributed by atoms with Gasteiger partial charge in [-0.3, -0.25) is 9.89 Å². The van der Waals surface area contributed by atoms with Gasteiger partial charge in [0.15, 0.2) is 5.82 Å². The number of carbonyl (C=O) groups excluding carboxylic acids is 1. The Morgan fingerprint density at radius 2 is 2.00 bits per heavy atom. The normalized spacial score (nSPS) is 10.6. The molecule has 1 aromatic rings. The van der Waals surface area contributed by atoms with Crippen LogP contribution in [-0.4, -0.2) is 21.1 Å². The molecule has 0 aliphatic rings. The molecule has 0 saturated heterocycles. The van der Waals surface area contributed by atoms with Crippen molar-refractivity contribution in [1.82, 2.24) is 20.5 Å². The fourth-order valence-corrected chi connectivity index (χ4v) is 1.73. The molecule has 0 radical (unpaired) electrons. The number of hydrogen-bond donors (Lipinski definition) is 2. The Labute approximate surface area is 109 Å². The molecule has 1 amide bonds. The first-order valence-corrected chi connectivity index (χ1v) is 6.93. The van der Waals surface area contributed by atoms with Crippen LogP contribution in [0, 0.1) is 0 Å². The van der Waals surface area contributed by atoms with Gasteiger partial charge in [-0.1, -0.05) is 39.5 Å². The number of carbonyl (C=O) groups is 1. The van der Waals surface area contributed by atoms with E-state index in [1.807, 2.05) is 6.92 Å². The van der Waals surface area contributed by atoms with Gasteiger partial charge in [0.25, 0.3) is 0 Å². The molecule has 5 heteroatoms. The van der Waals surface area contributed by atoms with Gasteiger partial charge in [0.1, 0.15) is 5.82 Å². The molecular weight excluding hydrogens is 228 g/mol. The molecule has 0 aliphatic carbocycles. The van der Waals surface area contributed by atoms with Crippen molar-refractivity contribution >= 4 is 5.91 Å². The number of aromatic nitrogens is 3. The van der Waals surface area contributed by atoms with E-state index in [9.17, 15) is 4.79 Å². The van der Waals surface area contributed by atoms with Crippen molar-refractivity contribution < 1.29 is 4.79 Å². The van der Waals surface area contributed by atoms with Crippen molar-refractivity contribution in [1.29, 1.82) is 0 Å². The molecule has 102 valence electrons. The van der Waals surface area contributed by atoms with E-state index in [4.69, 9.17) is 0 Å². The van der Waals surface area contributed by atoms with Crippen LogP contribution in [-0.2, 0) is 17.8 Å². The van der Waals surface area contributed by atoms with Crippen LogP contribution in [0.3, 0.4) is 0 Å². The van der Waals surface area contributed by atoms with Gasteiger partial charge in [0.05, 0.1) is 6.54 Å². The topological polar surface area (TPSA) is 70.7 Å². The Morgan fingerprint density at radius 1 is 1.22 bits per heavy atom. The Balaban J connectivity index is 2.09. The van der Waals surface area contributed by atoms with Crippen molar-refractivity contribution in [3.8, 4) is 0 Å². The van der Waals surface area contributed by atoms with Crippen LogP contribution >= 0.6 is 0 Å². The van der Waals surface area contributed by atoms with Crippen LogP contribution in [0.25, 0.3) is 0 Å². The van der Waals surface area contributed by atoms with E-state index < -0.39 is 0 Å². The number of aromatic amines is 1. The Hall–Kier alpha value is -1.39. The summed E-state index contributed by atoms with van der Waals surface area (Å²) in [6.45, 7) is 4.64. The molecule has 0 unspecified atom stereocenters. The SMILES string of the molecule is CCCCCCCC(=O)NCc1nc(CC)n[nH]1. The van der Waals surface area contributed by atoms with Gasteiger partial charge in [0, 0.05) is 12.8 Å². The molecule has 0 bridgehead atoms. The minimum atomic E-state index is 0.0981. The van der Waals surface area contributed by atoms with Crippen LogP contribution in [0.1, 0.15) is 64.0 Å². The summed E-state index contributed by atoms with van der Waals surface area (Å²) in [5.41, 5.74) is 0. The molecule has 5 nitrogen and oxygen atoms in total. The number of amides is 1. The van der Waals surface area contributed by atoms with E-state index in [1.54, 1.807) is 0 Å². The maximum Gasteiger partial charge on any atom is 0.220 e. The van der Waals surface area contributed by atoms with Gasteiger partial charge in [-0.25, -0.2) is 4.98 Å². The highest BCUT2D eigenvalue weighted by molar-refractivity contribution is 5.75. The Morgan fingerprint density at radius 3 is 2.67 bits per heavy atom. The highest BCUT2D eigenvalue weighted by Gasteiger charge is 2.04. The first-order valence-electron chi connectivity index (χ1n) is 6.93. The Kier molecular flexibility index (Phi) is 7.06. The standard InChI is InChI=1S/C13H24N4O/c1-3-5-6-7-8-9-13(18)14-10-12-15-11(4-2)16-17-12/h3-10H2,1-2H3,(H,14,18)(H,15,16,17). The summed E-state index contributed by atoms with van der Waals surface area (Å²) in [5, 5.41) is 9.70. The number of unbranched alkanes of at least 4 members (excludes halogenated alkanes) is 4. The quantitative estimate of drug-likeness (QED) is 0.663. The van der Waals surface area contributed by atoms with Gasteiger partial charge >= 0.3 is 0 Å². The first-order chi connectivity index (χ1) is 8.76. The van der Waals surface area contributed by atoms with Crippen molar-refractivity contribution in [3.05, 3.63) is 11.6 Å². The molecule has 0 atom stereocenters. The summed E-state index contributed by atoms with van der Waals surface area (Å²) in [5.74, 6) is 1.62. The lowest BCUT2D eigenvalue weighted by atomic mass is 10.1. The number of hydrogen-bond acceptors (Lipinski definition) is 3. The molecule has 0 aromatic carbocycles. The first kappa shape index (κ1) is 14.7. The zero-order chi connectivity index (χ0) is 13.2. The Bertz CT molecular complexity index is 349. The van der Waals surface area contributed by atoms with Crippen LogP contribution in [0.15, 0.2) is 0 Å². The molecule has 18 heavy (non-hydrogen) atoms. The summed E-state index contributed by atoms with van der Waals surface area (Å²) in [6.07, 6.45) is 7.26. The molecule has 1 rings (SSSR count). The van der Waals surface area contributed by atoms with E-state index in [1.165, 1.54) is 19.3 Å². The average molecular weight is 252 g/mol. The minimum Gasteiger partial charge on any atom is -0.349 e. The highest BCUT2D eigenvalue weighted by atomic mass is 16.1. The van der Waals surface area contributed by atoms with Gasteiger partial charge in [-0.05, 0) is 6.42 Å². The van der Waals surface area contributed by atoms with E-state index in [2.05, 4.69) is 27.4 Å². The second kappa shape index (κ2) is 8.66. The third kappa shape index (κ3) is 5.80. The predicted octanol–water partition coefficient (Wildman–Crippen LogP) is 2.34. The van der Waals surface area contributed by atoms with Crippen LogP contribution < -0.4 is 5.32 Å². The van der Waals surface area contributed by atoms with Crippen molar-refractivity contribution in [2.45, 2.75) is 65.3 Å². The van der Waals surface area contributed by atoms with E-state index in [-0.39, 0.29) is 5.91 Å².